The van der Waals surface area contributed by atoms with Gasteiger partial charge in [-0.25, -0.2) is 0 Å². The van der Waals surface area contributed by atoms with Gasteiger partial charge in [-0.2, -0.15) is 0 Å². The van der Waals surface area contributed by atoms with E-state index in [1.165, 1.54) is 0 Å². The Labute approximate surface area is 122 Å². The van der Waals surface area contributed by atoms with E-state index in [2.05, 4.69) is 38.8 Å². The Kier molecular flexibility index (Phi) is 6.23. The lowest BCUT2D eigenvalue weighted by Gasteiger charge is -2.04. The Bertz CT molecular complexity index is 462. The minimum atomic E-state index is -0.727. The Morgan fingerprint density at radius 2 is 2.00 bits per heavy atom. The highest BCUT2D eigenvalue weighted by Crippen LogP contribution is 2.21. The highest BCUT2D eigenvalue weighted by molar-refractivity contribution is 9.11. The number of nitrogens with one attached hydrogen (secondary N) is 2. The second-order valence-electron chi connectivity index (χ2n) is 3.36. The predicted molar refractivity (Wildman–Crippen MR) is 78.5 cm³/mol. The Balaban J connectivity index is 2.24. The van der Waals surface area contributed by atoms with Crippen molar-refractivity contribution in [3.8, 4) is 0 Å². The lowest BCUT2D eigenvalue weighted by molar-refractivity contribution is -0.139. The van der Waals surface area contributed by atoms with Gasteiger partial charge in [-0.05, 0) is 34.5 Å². The standard InChI is InChI=1S/C10H12BrN3O2S2/c11-7-2-1-6(18-7)3-4-13-9(15)10(16)14-5-8(12)17/h1-2H,3-5H2,(H2,12,17)(H,13,15)(H,14,16). The van der Waals surface area contributed by atoms with Crippen molar-refractivity contribution in [3.63, 3.8) is 0 Å². The molecule has 2 amide bonds. The molecule has 0 bridgehead atoms. The molecule has 0 spiro atoms. The number of thiocarbonyl (C=S) groups is 1. The summed E-state index contributed by atoms with van der Waals surface area (Å²) in [5.41, 5.74) is 5.20. The van der Waals surface area contributed by atoms with Gasteiger partial charge < -0.3 is 16.4 Å². The van der Waals surface area contributed by atoms with Crippen molar-refractivity contribution in [3.05, 3.63) is 20.8 Å². The van der Waals surface area contributed by atoms with Crippen LogP contribution in [0.5, 0.6) is 0 Å². The van der Waals surface area contributed by atoms with Crippen LogP contribution in [0.3, 0.4) is 0 Å². The zero-order chi connectivity index (χ0) is 13.5. The van der Waals surface area contributed by atoms with E-state index in [1.54, 1.807) is 11.3 Å². The maximum absolute atomic E-state index is 11.3. The molecule has 0 aliphatic rings. The lowest BCUT2D eigenvalue weighted by atomic mass is 10.3. The van der Waals surface area contributed by atoms with E-state index in [4.69, 9.17) is 5.73 Å². The van der Waals surface area contributed by atoms with E-state index in [0.717, 1.165) is 8.66 Å². The minimum Gasteiger partial charge on any atom is -0.392 e. The van der Waals surface area contributed by atoms with Crippen LogP contribution in [0, 0.1) is 0 Å². The van der Waals surface area contributed by atoms with Crippen molar-refractivity contribution < 1.29 is 9.59 Å². The molecule has 4 N–H and O–H groups in total. The van der Waals surface area contributed by atoms with Crippen molar-refractivity contribution in [2.75, 3.05) is 13.1 Å². The summed E-state index contributed by atoms with van der Waals surface area (Å²) in [6.45, 7) is 0.436. The third-order valence-corrected chi connectivity index (χ3v) is 3.74. The van der Waals surface area contributed by atoms with E-state index in [0.29, 0.717) is 13.0 Å². The second kappa shape index (κ2) is 7.45. The third kappa shape index (κ3) is 5.56. The number of hydrogen-bond acceptors (Lipinski definition) is 4. The third-order valence-electron chi connectivity index (χ3n) is 1.92. The lowest BCUT2D eigenvalue weighted by Crippen LogP contribution is -2.43. The number of carbonyl (C=O) groups excluding carboxylic acids is 2. The second-order valence-corrected chi connectivity index (χ2v) is 6.43. The molecule has 0 aliphatic heterocycles. The molecule has 1 heterocycles. The minimum absolute atomic E-state index is 0.0272. The van der Waals surface area contributed by atoms with Crippen LogP contribution in [0.25, 0.3) is 0 Å². The van der Waals surface area contributed by atoms with Crippen LogP contribution in [-0.2, 0) is 16.0 Å². The van der Waals surface area contributed by atoms with E-state index in [1.807, 2.05) is 12.1 Å². The highest BCUT2D eigenvalue weighted by atomic mass is 79.9. The molecule has 1 aromatic heterocycles. The largest absolute Gasteiger partial charge is 0.392 e. The van der Waals surface area contributed by atoms with Gasteiger partial charge in [-0.3, -0.25) is 9.59 Å². The van der Waals surface area contributed by atoms with Crippen LogP contribution in [0.2, 0.25) is 0 Å². The van der Waals surface area contributed by atoms with E-state index < -0.39 is 11.8 Å². The highest BCUT2D eigenvalue weighted by Gasteiger charge is 2.12. The summed E-state index contributed by atoms with van der Waals surface area (Å²) in [6, 6.07) is 3.91. The molecule has 5 nitrogen and oxygen atoms in total. The fraction of sp³-hybridized carbons (Fsp3) is 0.300. The van der Waals surface area contributed by atoms with Crippen molar-refractivity contribution in [1.29, 1.82) is 0 Å². The zero-order valence-corrected chi connectivity index (χ0v) is 12.6. The Morgan fingerprint density at radius 3 is 2.56 bits per heavy atom. The normalized spacial score (nSPS) is 9.83. The first kappa shape index (κ1) is 15.1. The molecular formula is C10H12BrN3O2S2. The van der Waals surface area contributed by atoms with Crippen molar-refractivity contribution in [2.24, 2.45) is 5.73 Å². The Morgan fingerprint density at radius 1 is 1.33 bits per heavy atom. The maximum atomic E-state index is 11.3. The molecule has 0 aromatic carbocycles. The number of halogens is 1. The molecule has 18 heavy (non-hydrogen) atoms. The summed E-state index contributed by atoms with van der Waals surface area (Å²) in [5.74, 6) is -1.41. The molecule has 0 atom stereocenters. The van der Waals surface area contributed by atoms with Gasteiger partial charge in [0.25, 0.3) is 0 Å². The first-order valence-corrected chi connectivity index (χ1v) is 7.09. The molecule has 1 rings (SSSR count). The number of rotatable bonds is 5. The summed E-state index contributed by atoms with van der Waals surface area (Å²) >= 11 is 9.53. The molecule has 0 aliphatic carbocycles. The van der Waals surface area contributed by atoms with Gasteiger partial charge in [-0.1, -0.05) is 12.2 Å². The van der Waals surface area contributed by atoms with Crippen molar-refractivity contribution >= 4 is 56.3 Å². The van der Waals surface area contributed by atoms with E-state index >= 15 is 0 Å². The molecule has 0 fully saturated rings. The van der Waals surface area contributed by atoms with Gasteiger partial charge in [0.2, 0.25) is 0 Å². The molecule has 8 heteroatoms. The summed E-state index contributed by atoms with van der Waals surface area (Å²) in [7, 11) is 0. The molecular weight excluding hydrogens is 338 g/mol. The summed E-state index contributed by atoms with van der Waals surface area (Å²) in [6.07, 6.45) is 0.685. The van der Waals surface area contributed by atoms with Crippen molar-refractivity contribution in [1.82, 2.24) is 10.6 Å². The average Bonchev–Trinajstić information content (AvgIpc) is 2.71. The average molecular weight is 350 g/mol. The number of nitrogens with two attached hydrogens (primary N) is 1. The first-order chi connectivity index (χ1) is 8.49. The quantitative estimate of drug-likeness (QED) is 0.536. The van der Waals surface area contributed by atoms with Crippen LogP contribution in [0.15, 0.2) is 15.9 Å². The molecule has 0 saturated heterocycles. The van der Waals surface area contributed by atoms with Crippen LogP contribution in [-0.4, -0.2) is 29.9 Å². The summed E-state index contributed by atoms with van der Waals surface area (Å²) in [5, 5.41) is 4.83. The van der Waals surface area contributed by atoms with Gasteiger partial charge in [0, 0.05) is 11.4 Å². The van der Waals surface area contributed by atoms with Gasteiger partial charge >= 0.3 is 11.8 Å². The van der Waals surface area contributed by atoms with Gasteiger partial charge in [0.05, 0.1) is 15.3 Å². The zero-order valence-electron chi connectivity index (χ0n) is 9.36. The van der Waals surface area contributed by atoms with Gasteiger partial charge in [0.1, 0.15) is 0 Å². The first-order valence-electron chi connectivity index (χ1n) is 5.07. The smallest absolute Gasteiger partial charge is 0.309 e. The monoisotopic (exact) mass is 349 g/mol. The van der Waals surface area contributed by atoms with Crippen LogP contribution >= 0.6 is 39.5 Å². The Hall–Kier alpha value is -0.990. The van der Waals surface area contributed by atoms with Gasteiger partial charge in [-0.15, -0.1) is 11.3 Å². The van der Waals surface area contributed by atoms with Crippen molar-refractivity contribution in [2.45, 2.75) is 6.42 Å². The SMILES string of the molecule is NC(=S)CNC(=O)C(=O)NCCc1ccc(Br)s1. The maximum Gasteiger partial charge on any atom is 0.309 e. The van der Waals surface area contributed by atoms with E-state index in [9.17, 15) is 9.59 Å². The molecule has 0 radical (unpaired) electrons. The van der Waals surface area contributed by atoms with Crippen LogP contribution in [0.1, 0.15) is 4.88 Å². The molecule has 0 saturated carbocycles. The summed E-state index contributed by atoms with van der Waals surface area (Å²) < 4.78 is 1.04. The topological polar surface area (TPSA) is 84.2 Å². The molecule has 0 unspecified atom stereocenters. The fourth-order valence-electron chi connectivity index (χ4n) is 1.11. The number of amides is 2. The molecule has 98 valence electrons. The van der Waals surface area contributed by atoms with Gasteiger partial charge in [0.15, 0.2) is 0 Å². The fourth-order valence-corrected chi connectivity index (χ4v) is 2.67. The molecule has 1 aromatic rings. The number of carbonyl (C=O) groups is 2. The predicted octanol–water partition coefficient (Wildman–Crippen LogP) is 0.572. The number of hydrogen-bond donors (Lipinski definition) is 3. The van der Waals surface area contributed by atoms with E-state index in [-0.39, 0.29) is 11.5 Å². The van der Waals surface area contributed by atoms with Crippen LogP contribution in [0.4, 0.5) is 0 Å². The van der Waals surface area contributed by atoms with Crippen LogP contribution < -0.4 is 16.4 Å². The summed E-state index contributed by atoms with van der Waals surface area (Å²) in [4.78, 5) is 23.9. The number of thiophene rings is 1.